The fourth-order valence-corrected chi connectivity index (χ4v) is 4.95. The van der Waals surface area contributed by atoms with Crippen LogP contribution >= 0.6 is 11.8 Å². The van der Waals surface area contributed by atoms with Crippen molar-refractivity contribution in [2.75, 3.05) is 6.61 Å². The van der Waals surface area contributed by atoms with Gasteiger partial charge in [-0.15, -0.1) is 11.8 Å². The minimum Gasteiger partial charge on any atom is -0.491 e. The fraction of sp³-hybridized carbons (Fsp3) is 0.500. The lowest BCUT2D eigenvalue weighted by Crippen LogP contribution is -2.31. The van der Waals surface area contributed by atoms with Crippen LogP contribution in [0.4, 0.5) is 5.69 Å². The zero-order valence-electron chi connectivity index (χ0n) is 12.6. The number of Topliss-reactive ketones (excluding diaryl/α,β-unsaturated/α-hetero) is 1. The molecule has 1 atom stereocenters. The molecule has 0 bridgehead atoms. The van der Waals surface area contributed by atoms with E-state index in [1.807, 2.05) is 0 Å². The lowest BCUT2D eigenvalue weighted by Gasteiger charge is -2.32. The molecule has 10 heteroatoms. The Morgan fingerprint density at radius 1 is 1.29 bits per heavy atom. The van der Waals surface area contributed by atoms with E-state index in [0.29, 0.717) is 24.3 Å². The van der Waals surface area contributed by atoms with Crippen LogP contribution in [0, 0.1) is 16.0 Å². The number of ether oxygens (including phenoxy) is 1. The summed E-state index contributed by atoms with van der Waals surface area (Å²) in [5, 5.41) is 16.4. The summed E-state index contributed by atoms with van der Waals surface area (Å²) in [6.07, 6.45) is 2.55. The van der Waals surface area contributed by atoms with Crippen molar-refractivity contribution in [3.63, 3.8) is 0 Å². The SMILES string of the molecule is NS(=O)(=O)c1cc2c(c([N+](=O)[O-])c1)S[C@@H](C1CCC(=O)CC1)CO2. The molecular formula is C14H16N2O6S2. The number of rotatable bonds is 3. The first kappa shape index (κ1) is 17.2. The Morgan fingerprint density at radius 3 is 2.54 bits per heavy atom. The molecule has 0 aromatic heterocycles. The third kappa shape index (κ3) is 3.40. The van der Waals surface area contributed by atoms with Gasteiger partial charge in [0.25, 0.3) is 5.69 Å². The second kappa shape index (κ2) is 6.34. The Balaban J connectivity index is 1.93. The standard InChI is InChI=1S/C14H16N2O6S2/c15-24(20,21)10-5-11(16(18)19)14-12(6-10)22-7-13(23-14)8-1-3-9(17)4-2-8/h5-6,8,13H,1-4,7H2,(H2,15,20,21)/t13-/m1/s1. The topological polar surface area (TPSA) is 130 Å². The fourth-order valence-electron chi connectivity index (χ4n) is 3.01. The Bertz CT molecular complexity index is 798. The average molecular weight is 372 g/mol. The Kier molecular flexibility index (Phi) is 4.54. The molecule has 0 amide bonds. The molecule has 24 heavy (non-hydrogen) atoms. The third-order valence-corrected chi connectivity index (χ3v) is 6.68. The molecule has 2 N–H and O–H groups in total. The Hall–Kier alpha value is -1.65. The zero-order chi connectivity index (χ0) is 17.5. The van der Waals surface area contributed by atoms with Crippen molar-refractivity contribution < 1.29 is 22.9 Å². The highest BCUT2D eigenvalue weighted by Crippen LogP contribution is 2.47. The largest absolute Gasteiger partial charge is 0.491 e. The van der Waals surface area contributed by atoms with Gasteiger partial charge < -0.3 is 4.74 Å². The number of benzene rings is 1. The number of nitro groups is 1. The monoisotopic (exact) mass is 372 g/mol. The first-order valence-corrected chi connectivity index (χ1v) is 9.84. The summed E-state index contributed by atoms with van der Waals surface area (Å²) >= 11 is 1.33. The van der Waals surface area contributed by atoms with Gasteiger partial charge in [0.15, 0.2) is 0 Å². The molecule has 8 nitrogen and oxygen atoms in total. The van der Waals surface area contributed by atoms with Crippen LogP contribution in [0.25, 0.3) is 0 Å². The van der Waals surface area contributed by atoms with Crippen molar-refractivity contribution >= 4 is 33.3 Å². The van der Waals surface area contributed by atoms with Gasteiger partial charge in [-0.2, -0.15) is 0 Å². The molecule has 1 aromatic rings. The molecule has 0 spiro atoms. The summed E-state index contributed by atoms with van der Waals surface area (Å²) in [5.74, 6) is 0.664. The number of hydrogen-bond donors (Lipinski definition) is 1. The van der Waals surface area contributed by atoms with Crippen LogP contribution in [0.1, 0.15) is 25.7 Å². The number of nitrogens with two attached hydrogens (primary N) is 1. The van der Waals surface area contributed by atoms with Crippen molar-refractivity contribution in [1.29, 1.82) is 0 Å². The van der Waals surface area contributed by atoms with Crippen molar-refractivity contribution in [1.82, 2.24) is 0 Å². The molecule has 1 fully saturated rings. The van der Waals surface area contributed by atoms with Gasteiger partial charge in [0.2, 0.25) is 10.0 Å². The number of hydrogen-bond acceptors (Lipinski definition) is 7. The van der Waals surface area contributed by atoms with E-state index in [2.05, 4.69) is 0 Å². The number of nitrogens with zero attached hydrogens (tertiary/aromatic N) is 1. The summed E-state index contributed by atoms with van der Waals surface area (Å²) in [6, 6.07) is 2.20. The summed E-state index contributed by atoms with van der Waals surface area (Å²) in [5.41, 5.74) is -0.321. The molecule has 0 unspecified atom stereocenters. The maximum absolute atomic E-state index is 11.5. The van der Waals surface area contributed by atoms with E-state index in [4.69, 9.17) is 9.88 Å². The molecule has 3 rings (SSSR count). The molecule has 130 valence electrons. The van der Waals surface area contributed by atoms with E-state index in [9.17, 15) is 23.3 Å². The lowest BCUT2D eigenvalue weighted by molar-refractivity contribution is -0.388. The molecule has 1 heterocycles. The van der Waals surface area contributed by atoms with Crippen LogP contribution in [-0.2, 0) is 14.8 Å². The molecule has 0 saturated heterocycles. The van der Waals surface area contributed by atoms with Gasteiger partial charge >= 0.3 is 0 Å². The molecule has 1 saturated carbocycles. The number of sulfonamides is 1. The highest BCUT2D eigenvalue weighted by Gasteiger charge is 2.35. The van der Waals surface area contributed by atoms with E-state index < -0.39 is 14.9 Å². The van der Waals surface area contributed by atoms with Gasteiger partial charge in [0, 0.05) is 30.2 Å². The Morgan fingerprint density at radius 2 is 1.96 bits per heavy atom. The quantitative estimate of drug-likeness (QED) is 0.633. The van der Waals surface area contributed by atoms with Gasteiger partial charge in [-0.05, 0) is 18.8 Å². The van der Waals surface area contributed by atoms with Crippen molar-refractivity contribution in [3.8, 4) is 5.75 Å². The van der Waals surface area contributed by atoms with Gasteiger partial charge in [-0.25, -0.2) is 13.6 Å². The second-order valence-corrected chi connectivity index (χ2v) is 8.73. The molecule has 2 aliphatic rings. The predicted molar refractivity (Wildman–Crippen MR) is 86.6 cm³/mol. The smallest absolute Gasteiger partial charge is 0.288 e. The summed E-state index contributed by atoms with van der Waals surface area (Å²) in [6.45, 7) is 0.321. The van der Waals surface area contributed by atoms with Crippen molar-refractivity contribution in [2.24, 2.45) is 11.1 Å². The van der Waals surface area contributed by atoms with Gasteiger partial charge in [-0.3, -0.25) is 14.9 Å². The van der Waals surface area contributed by atoms with Crippen LogP contribution in [0.15, 0.2) is 21.9 Å². The number of thioether (sulfide) groups is 1. The van der Waals surface area contributed by atoms with Crippen LogP contribution < -0.4 is 9.88 Å². The van der Waals surface area contributed by atoms with E-state index in [1.54, 1.807) is 0 Å². The highest BCUT2D eigenvalue weighted by atomic mass is 32.2. The average Bonchev–Trinajstić information content (AvgIpc) is 2.53. The second-order valence-electron chi connectivity index (χ2n) is 5.92. The third-order valence-electron chi connectivity index (χ3n) is 4.32. The minimum atomic E-state index is -4.06. The van der Waals surface area contributed by atoms with Crippen molar-refractivity contribution in [3.05, 3.63) is 22.2 Å². The predicted octanol–water partition coefficient (Wildman–Crippen LogP) is 1.85. The maximum Gasteiger partial charge on any atom is 0.288 e. The molecule has 0 radical (unpaired) electrons. The van der Waals surface area contributed by atoms with Crippen molar-refractivity contribution in [2.45, 2.75) is 40.7 Å². The van der Waals surface area contributed by atoms with Crippen LogP contribution in [0.2, 0.25) is 0 Å². The van der Waals surface area contributed by atoms with Gasteiger partial charge in [-0.1, -0.05) is 0 Å². The van der Waals surface area contributed by atoms with Gasteiger partial charge in [0.1, 0.15) is 23.0 Å². The number of carbonyl (C=O) groups is 1. The van der Waals surface area contributed by atoms with E-state index in [-0.39, 0.29) is 33.3 Å². The highest BCUT2D eigenvalue weighted by molar-refractivity contribution is 8.00. The molecular weight excluding hydrogens is 356 g/mol. The number of primary sulfonamides is 1. The first-order valence-electron chi connectivity index (χ1n) is 7.42. The number of carbonyl (C=O) groups excluding carboxylic acids is 1. The van der Waals surface area contributed by atoms with Crippen LogP contribution in [-0.4, -0.2) is 31.0 Å². The summed E-state index contributed by atoms with van der Waals surface area (Å²) in [4.78, 5) is 22.1. The zero-order valence-corrected chi connectivity index (χ0v) is 14.3. The lowest BCUT2D eigenvalue weighted by atomic mass is 9.86. The van der Waals surface area contributed by atoms with Crippen LogP contribution in [0.3, 0.4) is 0 Å². The summed E-state index contributed by atoms with van der Waals surface area (Å²) < 4.78 is 28.6. The first-order chi connectivity index (χ1) is 11.3. The maximum atomic E-state index is 11.5. The minimum absolute atomic E-state index is 0.00429. The molecule has 1 aliphatic heterocycles. The normalized spacial score (nSPS) is 21.9. The molecule has 1 aliphatic carbocycles. The summed E-state index contributed by atoms with van der Waals surface area (Å²) in [7, 11) is -4.06. The number of ketones is 1. The van der Waals surface area contributed by atoms with Gasteiger partial charge in [0.05, 0.1) is 9.82 Å². The Labute approximate surface area is 142 Å². The van der Waals surface area contributed by atoms with E-state index >= 15 is 0 Å². The van der Waals surface area contributed by atoms with E-state index in [0.717, 1.165) is 18.9 Å². The van der Waals surface area contributed by atoms with E-state index in [1.165, 1.54) is 17.8 Å². The number of nitro benzene ring substituents is 1. The molecule has 1 aromatic carbocycles. The number of fused-ring (bicyclic) bond motifs is 1. The van der Waals surface area contributed by atoms with Crippen LogP contribution in [0.5, 0.6) is 5.75 Å².